The lowest BCUT2D eigenvalue weighted by atomic mass is 9.89. The smallest absolute Gasteiger partial charge is 0.305 e. The molecule has 0 aliphatic carbocycles. The predicted molar refractivity (Wildman–Crippen MR) is 103 cm³/mol. The van der Waals surface area contributed by atoms with E-state index in [2.05, 4.69) is 4.74 Å². The van der Waals surface area contributed by atoms with Crippen molar-refractivity contribution in [2.24, 2.45) is 5.92 Å². The first-order valence-corrected chi connectivity index (χ1v) is 9.46. The summed E-state index contributed by atoms with van der Waals surface area (Å²) in [6.07, 6.45) is 2.66. The van der Waals surface area contributed by atoms with Crippen LogP contribution >= 0.6 is 0 Å². The van der Waals surface area contributed by atoms with Crippen molar-refractivity contribution in [3.05, 3.63) is 48.0 Å². The number of esters is 1. The van der Waals surface area contributed by atoms with Crippen molar-refractivity contribution in [3.63, 3.8) is 0 Å². The largest absolute Gasteiger partial charge is 0.469 e. The first-order chi connectivity index (χ1) is 13.1. The van der Waals surface area contributed by atoms with Crippen LogP contribution in [0.25, 0.3) is 10.8 Å². The Morgan fingerprint density at radius 2 is 1.85 bits per heavy atom. The fraction of sp³-hybridized carbons (Fsp3) is 0.409. The highest BCUT2D eigenvalue weighted by molar-refractivity contribution is 6.01. The molecule has 2 aromatic carbocycles. The summed E-state index contributed by atoms with van der Waals surface area (Å²) >= 11 is 0. The van der Waals surface area contributed by atoms with Gasteiger partial charge >= 0.3 is 5.97 Å². The van der Waals surface area contributed by atoms with Crippen LogP contribution in [0, 0.1) is 5.92 Å². The number of benzene rings is 2. The fourth-order valence-electron chi connectivity index (χ4n) is 3.64. The number of hydrogen-bond donors (Lipinski definition) is 0. The maximum absolute atomic E-state index is 13.0. The molecule has 1 aliphatic rings. The molecule has 2 aromatic rings. The van der Waals surface area contributed by atoms with Crippen LogP contribution in [0.15, 0.2) is 42.5 Å². The number of methoxy groups -OCH3 is 1. The number of nitrogens with zero attached hydrogens (tertiary/aromatic N) is 1. The molecule has 0 N–H and O–H groups in total. The number of rotatable bonds is 6. The molecule has 0 spiro atoms. The van der Waals surface area contributed by atoms with Gasteiger partial charge in [0.05, 0.1) is 7.11 Å². The lowest BCUT2D eigenvalue weighted by molar-refractivity contribution is -0.141. The number of ether oxygens (including phenoxy) is 1. The van der Waals surface area contributed by atoms with Gasteiger partial charge in [-0.05, 0) is 36.1 Å². The van der Waals surface area contributed by atoms with Crippen molar-refractivity contribution in [2.45, 2.75) is 32.1 Å². The molecule has 0 radical (unpaired) electrons. The number of hydrogen-bond acceptors (Lipinski definition) is 4. The third-order valence-electron chi connectivity index (χ3n) is 5.18. The van der Waals surface area contributed by atoms with Gasteiger partial charge in [-0.2, -0.15) is 0 Å². The van der Waals surface area contributed by atoms with Gasteiger partial charge in [0.25, 0.3) is 0 Å². The minimum absolute atomic E-state index is 0.00918. The van der Waals surface area contributed by atoms with E-state index in [1.54, 1.807) is 4.90 Å². The summed E-state index contributed by atoms with van der Waals surface area (Å²) in [5.41, 5.74) is 0.707. The third kappa shape index (κ3) is 4.73. The maximum Gasteiger partial charge on any atom is 0.305 e. The molecular weight excluding hydrogens is 342 g/mol. The van der Waals surface area contributed by atoms with E-state index in [4.69, 9.17) is 0 Å². The van der Waals surface area contributed by atoms with Crippen LogP contribution in [-0.2, 0) is 14.3 Å². The molecule has 5 heteroatoms. The van der Waals surface area contributed by atoms with Crippen LogP contribution in [0.4, 0.5) is 0 Å². The summed E-state index contributed by atoms with van der Waals surface area (Å²) in [7, 11) is 1.35. The van der Waals surface area contributed by atoms with Gasteiger partial charge in [-0.25, -0.2) is 0 Å². The molecule has 1 heterocycles. The topological polar surface area (TPSA) is 63.7 Å². The second-order valence-electron chi connectivity index (χ2n) is 7.03. The van der Waals surface area contributed by atoms with Crippen molar-refractivity contribution in [2.75, 3.05) is 20.2 Å². The van der Waals surface area contributed by atoms with E-state index in [0.29, 0.717) is 31.5 Å². The van der Waals surface area contributed by atoms with Crippen LogP contribution in [0.5, 0.6) is 0 Å². The maximum atomic E-state index is 13.0. The first-order valence-electron chi connectivity index (χ1n) is 9.46. The Balaban J connectivity index is 1.61. The van der Waals surface area contributed by atoms with Gasteiger partial charge in [0.1, 0.15) is 0 Å². The quantitative estimate of drug-likeness (QED) is 0.578. The van der Waals surface area contributed by atoms with Crippen LogP contribution in [0.2, 0.25) is 0 Å². The van der Waals surface area contributed by atoms with E-state index >= 15 is 0 Å². The van der Waals surface area contributed by atoms with Crippen LogP contribution in [-0.4, -0.2) is 42.8 Å². The Hall–Kier alpha value is -2.69. The molecule has 1 saturated heterocycles. The molecule has 1 fully saturated rings. The first kappa shape index (κ1) is 19.1. The van der Waals surface area contributed by atoms with Gasteiger partial charge in [0, 0.05) is 37.4 Å². The van der Waals surface area contributed by atoms with Crippen molar-refractivity contribution in [1.29, 1.82) is 0 Å². The number of carbonyl (C=O) groups is 3. The minimum atomic E-state index is -0.300. The summed E-state index contributed by atoms with van der Waals surface area (Å²) in [5.74, 6) is -0.349. The summed E-state index contributed by atoms with van der Waals surface area (Å²) < 4.78 is 4.60. The summed E-state index contributed by atoms with van der Waals surface area (Å²) in [6, 6.07) is 13.8. The third-order valence-corrected chi connectivity index (χ3v) is 5.18. The van der Waals surface area contributed by atoms with Crippen LogP contribution < -0.4 is 0 Å². The zero-order chi connectivity index (χ0) is 19.2. The Morgan fingerprint density at radius 3 is 2.63 bits per heavy atom. The predicted octanol–water partition coefficient (Wildman–Crippen LogP) is 3.60. The summed E-state index contributed by atoms with van der Waals surface area (Å²) in [4.78, 5) is 38.3. The number of amides is 1. The number of fused-ring (bicyclic) bond motifs is 1. The molecule has 5 nitrogen and oxygen atoms in total. The number of carbonyl (C=O) groups excluding carboxylic acids is 3. The van der Waals surface area contributed by atoms with Gasteiger partial charge < -0.3 is 9.64 Å². The van der Waals surface area contributed by atoms with E-state index in [1.807, 2.05) is 42.5 Å². The molecule has 0 bridgehead atoms. The molecule has 3 rings (SSSR count). The highest BCUT2D eigenvalue weighted by atomic mass is 16.5. The Labute approximate surface area is 159 Å². The SMILES string of the molecule is COC(=O)CCCC(=O)N1CCC[C@H](C(=O)c2ccc3ccccc3c2)C1. The van der Waals surface area contributed by atoms with Crippen molar-refractivity contribution >= 4 is 28.4 Å². The average molecular weight is 367 g/mol. The second-order valence-corrected chi connectivity index (χ2v) is 7.03. The highest BCUT2D eigenvalue weighted by Crippen LogP contribution is 2.24. The second kappa shape index (κ2) is 8.80. The molecule has 1 atom stereocenters. The van der Waals surface area contributed by atoms with E-state index in [0.717, 1.165) is 23.6 Å². The number of ketones is 1. The molecule has 1 amide bonds. The lowest BCUT2D eigenvalue weighted by Crippen LogP contribution is -2.42. The molecule has 27 heavy (non-hydrogen) atoms. The van der Waals surface area contributed by atoms with E-state index in [-0.39, 0.29) is 30.0 Å². The standard InChI is InChI=1S/C22H25NO4/c1-27-21(25)10-4-9-20(24)23-13-5-8-19(15-23)22(26)18-12-11-16-6-2-3-7-17(16)14-18/h2-3,6-7,11-12,14,19H,4-5,8-10,13,15H2,1H3/t19-/m0/s1. The number of piperidine rings is 1. The molecule has 142 valence electrons. The van der Waals surface area contributed by atoms with Crippen molar-refractivity contribution < 1.29 is 19.1 Å². The molecule has 1 aliphatic heterocycles. The van der Waals surface area contributed by atoms with Gasteiger partial charge in [-0.3, -0.25) is 14.4 Å². The number of Topliss-reactive ketones (excluding diaryl/α,β-unsaturated/α-hetero) is 1. The number of likely N-dealkylation sites (tertiary alicyclic amines) is 1. The van der Waals surface area contributed by atoms with Gasteiger partial charge in [-0.15, -0.1) is 0 Å². The lowest BCUT2D eigenvalue weighted by Gasteiger charge is -2.32. The highest BCUT2D eigenvalue weighted by Gasteiger charge is 2.28. The van der Waals surface area contributed by atoms with E-state index in [1.165, 1.54) is 7.11 Å². The zero-order valence-electron chi connectivity index (χ0n) is 15.6. The van der Waals surface area contributed by atoms with Crippen molar-refractivity contribution in [3.8, 4) is 0 Å². The minimum Gasteiger partial charge on any atom is -0.469 e. The molecule has 0 aromatic heterocycles. The van der Waals surface area contributed by atoms with Crippen LogP contribution in [0.1, 0.15) is 42.5 Å². The Bertz CT molecular complexity index is 845. The fourth-order valence-corrected chi connectivity index (χ4v) is 3.64. The molecular formula is C22H25NO4. The summed E-state index contributed by atoms with van der Waals surface area (Å²) in [6.45, 7) is 1.14. The summed E-state index contributed by atoms with van der Waals surface area (Å²) in [5, 5.41) is 2.16. The Morgan fingerprint density at radius 1 is 1.07 bits per heavy atom. The van der Waals surface area contributed by atoms with Crippen LogP contribution in [0.3, 0.4) is 0 Å². The zero-order valence-corrected chi connectivity index (χ0v) is 15.6. The monoisotopic (exact) mass is 367 g/mol. The van der Waals surface area contributed by atoms with E-state index < -0.39 is 0 Å². The molecule has 0 unspecified atom stereocenters. The molecule has 0 saturated carbocycles. The normalized spacial score (nSPS) is 16.9. The van der Waals surface area contributed by atoms with Gasteiger partial charge in [-0.1, -0.05) is 36.4 Å². The Kier molecular flexibility index (Phi) is 6.22. The average Bonchev–Trinajstić information content (AvgIpc) is 2.72. The van der Waals surface area contributed by atoms with Crippen molar-refractivity contribution in [1.82, 2.24) is 4.90 Å². The van der Waals surface area contributed by atoms with Gasteiger partial charge in [0.15, 0.2) is 5.78 Å². The van der Waals surface area contributed by atoms with E-state index in [9.17, 15) is 14.4 Å². The van der Waals surface area contributed by atoms with Gasteiger partial charge in [0.2, 0.25) is 5.91 Å².